The third-order valence-corrected chi connectivity index (χ3v) is 4.89. The average molecular weight is 285 g/mol. The van der Waals surface area contributed by atoms with E-state index in [1.807, 2.05) is 17.4 Å². The Bertz CT molecular complexity index is 550. The summed E-state index contributed by atoms with van der Waals surface area (Å²) >= 11 is 1.82. The molecule has 0 aliphatic carbocycles. The van der Waals surface area contributed by atoms with Crippen LogP contribution in [-0.2, 0) is 11.2 Å². The van der Waals surface area contributed by atoms with Crippen LogP contribution in [0.4, 0.5) is 0 Å². The van der Waals surface area contributed by atoms with Crippen molar-refractivity contribution >= 4 is 17.1 Å². The number of carbonyl (C=O) groups is 1. The van der Waals surface area contributed by atoms with Gasteiger partial charge in [0.15, 0.2) is 0 Å². The minimum Gasteiger partial charge on any atom is -0.300 e. The monoisotopic (exact) mass is 285 g/mol. The summed E-state index contributed by atoms with van der Waals surface area (Å²) in [5.41, 5.74) is 1.27. The van der Waals surface area contributed by atoms with E-state index < -0.39 is 0 Å². The molecule has 1 saturated heterocycles. The summed E-state index contributed by atoms with van der Waals surface area (Å²) in [5.74, 6) is 0.395. The van der Waals surface area contributed by atoms with E-state index in [2.05, 4.69) is 46.7 Å². The van der Waals surface area contributed by atoms with Crippen molar-refractivity contribution in [2.24, 2.45) is 0 Å². The molecule has 3 rings (SSSR count). The first-order valence-electron chi connectivity index (χ1n) is 7.16. The Morgan fingerprint density at radius 1 is 1.15 bits per heavy atom. The summed E-state index contributed by atoms with van der Waals surface area (Å²) in [6.45, 7) is 1.93. The lowest BCUT2D eigenvalue weighted by atomic mass is 9.94. The van der Waals surface area contributed by atoms with Gasteiger partial charge in [0, 0.05) is 36.9 Å². The quantitative estimate of drug-likeness (QED) is 0.854. The fourth-order valence-corrected chi connectivity index (χ4v) is 3.55. The van der Waals surface area contributed by atoms with Gasteiger partial charge >= 0.3 is 0 Å². The number of likely N-dealkylation sites (tertiary alicyclic amines) is 1. The maximum atomic E-state index is 11.8. The Morgan fingerprint density at radius 3 is 2.75 bits per heavy atom. The highest BCUT2D eigenvalue weighted by Gasteiger charge is 2.27. The number of ketones is 1. The van der Waals surface area contributed by atoms with Crippen molar-refractivity contribution in [1.82, 2.24) is 4.90 Å². The van der Waals surface area contributed by atoms with Crippen molar-refractivity contribution in [3.05, 3.63) is 58.3 Å². The fourth-order valence-electron chi connectivity index (χ4n) is 2.85. The minimum atomic E-state index is 0.261. The van der Waals surface area contributed by atoms with Gasteiger partial charge in [-0.1, -0.05) is 36.4 Å². The maximum absolute atomic E-state index is 11.8. The molecule has 1 unspecified atom stereocenters. The SMILES string of the molecule is O=C1CCN(CCc2cccs2)C(c2ccccc2)C1. The van der Waals surface area contributed by atoms with Gasteiger partial charge in [0.1, 0.15) is 5.78 Å². The topological polar surface area (TPSA) is 20.3 Å². The predicted octanol–water partition coefficient (Wildman–Crippen LogP) is 3.70. The van der Waals surface area contributed by atoms with Gasteiger partial charge in [0.25, 0.3) is 0 Å². The van der Waals surface area contributed by atoms with Gasteiger partial charge < -0.3 is 0 Å². The largest absolute Gasteiger partial charge is 0.300 e. The first-order chi connectivity index (χ1) is 9.83. The molecule has 0 saturated carbocycles. The number of piperidine rings is 1. The number of hydrogen-bond acceptors (Lipinski definition) is 3. The molecule has 0 bridgehead atoms. The van der Waals surface area contributed by atoms with E-state index in [1.165, 1.54) is 10.4 Å². The van der Waals surface area contributed by atoms with Crippen LogP contribution >= 0.6 is 11.3 Å². The van der Waals surface area contributed by atoms with Gasteiger partial charge in [-0.2, -0.15) is 0 Å². The third-order valence-electron chi connectivity index (χ3n) is 3.95. The molecule has 0 amide bonds. The molecule has 2 aromatic rings. The van der Waals surface area contributed by atoms with Crippen LogP contribution in [0, 0.1) is 0 Å². The van der Waals surface area contributed by atoms with Gasteiger partial charge in [0.2, 0.25) is 0 Å². The molecule has 104 valence electrons. The molecule has 1 aliphatic rings. The molecule has 2 heterocycles. The van der Waals surface area contributed by atoms with E-state index in [-0.39, 0.29) is 6.04 Å². The second-order valence-corrected chi connectivity index (χ2v) is 6.32. The van der Waals surface area contributed by atoms with Crippen LogP contribution in [-0.4, -0.2) is 23.8 Å². The summed E-state index contributed by atoms with van der Waals surface area (Å²) in [6, 6.07) is 15.0. The van der Waals surface area contributed by atoms with Crippen molar-refractivity contribution in [2.75, 3.05) is 13.1 Å². The van der Waals surface area contributed by atoms with Crippen LogP contribution in [0.25, 0.3) is 0 Å². The van der Waals surface area contributed by atoms with Crippen LogP contribution in [0.5, 0.6) is 0 Å². The van der Waals surface area contributed by atoms with E-state index in [9.17, 15) is 4.79 Å². The second-order valence-electron chi connectivity index (χ2n) is 5.28. The molecule has 1 aliphatic heterocycles. The van der Waals surface area contributed by atoms with Crippen LogP contribution in [0.1, 0.15) is 29.3 Å². The molecule has 0 N–H and O–H groups in total. The summed E-state index contributed by atoms with van der Waals surface area (Å²) in [6.07, 6.45) is 2.44. The molecular formula is C17H19NOS. The molecule has 1 atom stereocenters. The Labute approximate surface area is 124 Å². The van der Waals surface area contributed by atoms with Crippen molar-refractivity contribution < 1.29 is 4.79 Å². The Hall–Kier alpha value is -1.45. The lowest BCUT2D eigenvalue weighted by Gasteiger charge is -2.35. The van der Waals surface area contributed by atoms with Crippen molar-refractivity contribution in [2.45, 2.75) is 25.3 Å². The molecule has 1 aromatic heterocycles. The number of nitrogens with zero attached hydrogens (tertiary/aromatic N) is 1. The van der Waals surface area contributed by atoms with Gasteiger partial charge in [-0.05, 0) is 23.4 Å². The average Bonchev–Trinajstić information content (AvgIpc) is 3.00. The van der Waals surface area contributed by atoms with Crippen LogP contribution in [0.2, 0.25) is 0 Å². The van der Waals surface area contributed by atoms with E-state index in [0.29, 0.717) is 18.6 Å². The molecule has 0 radical (unpaired) electrons. The zero-order valence-corrected chi connectivity index (χ0v) is 12.3. The van der Waals surface area contributed by atoms with E-state index in [0.717, 1.165) is 19.5 Å². The summed E-state index contributed by atoms with van der Waals surface area (Å²) in [7, 11) is 0. The Morgan fingerprint density at radius 2 is 2.00 bits per heavy atom. The number of benzene rings is 1. The van der Waals surface area contributed by atoms with Crippen LogP contribution in [0.3, 0.4) is 0 Å². The fraction of sp³-hybridized carbons (Fsp3) is 0.353. The highest BCUT2D eigenvalue weighted by molar-refractivity contribution is 7.09. The second kappa shape index (κ2) is 6.33. The summed E-state index contributed by atoms with van der Waals surface area (Å²) in [5, 5.41) is 2.13. The van der Waals surface area contributed by atoms with Gasteiger partial charge in [-0.15, -0.1) is 11.3 Å². The van der Waals surface area contributed by atoms with Crippen LogP contribution < -0.4 is 0 Å². The molecule has 1 aromatic carbocycles. The van der Waals surface area contributed by atoms with Gasteiger partial charge in [0.05, 0.1) is 0 Å². The summed E-state index contributed by atoms with van der Waals surface area (Å²) < 4.78 is 0. The molecule has 2 nitrogen and oxygen atoms in total. The maximum Gasteiger partial charge on any atom is 0.136 e. The lowest BCUT2D eigenvalue weighted by molar-refractivity contribution is -0.123. The van der Waals surface area contributed by atoms with Gasteiger partial charge in [-0.25, -0.2) is 0 Å². The molecule has 0 spiro atoms. The van der Waals surface area contributed by atoms with Gasteiger partial charge in [-0.3, -0.25) is 9.69 Å². The van der Waals surface area contributed by atoms with Crippen molar-refractivity contribution in [3.63, 3.8) is 0 Å². The molecular weight excluding hydrogens is 266 g/mol. The van der Waals surface area contributed by atoms with Crippen LogP contribution in [0.15, 0.2) is 47.8 Å². The number of Topliss-reactive ketones (excluding diaryl/α,β-unsaturated/α-hetero) is 1. The zero-order chi connectivity index (χ0) is 13.8. The summed E-state index contributed by atoms with van der Waals surface area (Å²) in [4.78, 5) is 15.7. The number of thiophene rings is 1. The predicted molar refractivity (Wildman–Crippen MR) is 83.0 cm³/mol. The number of rotatable bonds is 4. The van der Waals surface area contributed by atoms with E-state index in [4.69, 9.17) is 0 Å². The molecule has 20 heavy (non-hydrogen) atoms. The van der Waals surface area contributed by atoms with E-state index >= 15 is 0 Å². The third kappa shape index (κ3) is 3.17. The van der Waals surface area contributed by atoms with Crippen molar-refractivity contribution in [1.29, 1.82) is 0 Å². The first-order valence-corrected chi connectivity index (χ1v) is 8.04. The molecule has 1 fully saturated rings. The minimum absolute atomic E-state index is 0.261. The highest BCUT2D eigenvalue weighted by atomic mass is 32.1. The number of hydrogen-bond donors (Lipinski definition) is 0. The normalized spacial score (nSPS) is 20.2. The van der Waals surface area contributed by atoms with Crippen molar-refractivity contribution in [3.8, 4) is 0 Å². The molecule has 3 heteroatoms. The first kappa shape index (κ1) is 13.5. The number of carbonyl (C=O) groups excluding carboxylic acids is 1. The Kier molecular flexibility index (Phi) is 4.28. The zero-order valence-electron chi connectivity index (χ0n) is 11.5. The lowest BCUT2D eigenvalue weighted by Crippen LogP contribution is -2.38. The smallest absolute Gasteiger partial charge is 0.136 e. The Balaban J connectivity index is 1.71. The van der Waals surface area contributed by atoms with E-state index in [1.54, 1.807) is 0 Å². The standard InChI is InChI=1S/C17H19NOS/c19-15-8-10-18(11-9-16-7-4-12-20-16)17(13-15)14-5-2-1-3-6-14/h1-7,12,17H,8-11,13H2. The highest BCUT2D eigenvalue weighted by Crippen LogP contribution is 2.29.